The van der Waals surface area contributed by atoms with Gasteiger partial charge in [-0.1, -0.05) is 24.3 Å². The van der Waals surface area contributed by atoms with Gasteiger partial charge in [-0.15, -0.1) is 11.3 Å². The smallest absolute Gasteiger partial charge is 0.289 e. The SMILES string of the molecule is O=C(c1cc(=O)c2ccccc2o1)N1CCC[C@H](c2nc3ccccc3s2)C1. The number of rotatable bonds is 2. The van der Waals surface area contributed by atoms with Crippen molar-refractivity contribution in [1.29, 1.82) is 0 Å². The zero-order chi connectivity index (χ0) is 19.1. The molecular weight excluding hydrogens is 372 g/mol. The van der Waals surface area contributed by atoms with Gasteiger partial charge in [0.15, 0.2) is 11.2 Å². The molecule has 1 amide bonds. The first-order valence-electron chi connectivity index (χ1n) is 9.37. The summed E-state index contributed by atoms with van der Waals surface area (Å²) in [5.74, 6) is 0.0876. The highest BCUT2D eigenvalue weighted by Crippen LogP contribution is 2.33. The van der Waals surface area contributed by atoms with Gasteiger partial charge in [-0.2, -0.15) is 0 Å². The van der Waals surface area contributed by atoms with Crippen molar-refractivity contribution in [2.75, 3.05) is 13.1 Å². The molecule has 6 heteroatoms. The number of fused-ring (bicyclic) bond motifs is 2. The second kappa shape index (κ2) is 6.87. The Kier molecular flexibility index (Phi) is 4.20. The molecule has 5 nitrogen and oxygen atoms in total. The van der Waals surface area contributed by atoms with E-state index in [0.29, 0.717) is 24.1 Å². The third-order valence-electron chi connectivity index (χ3n) is 5.21. The van der Waals surface area contributed by atoms with Crippen molar-refractivity contribution in [2.45, 2.75) is 18.8 Å². The molecule has 0 aliphatic carbocycles. The first kappa shape index (κ1) is 17.1. The third-order valence-corrected chi connectivity index (χ3v) is 6.41. The number of amides is 1. The standard InChI is InChI=1S/C22H18N2O3S/c25-17-12-19(27-18-9-3-1-7-15(17)18)22(26)24-11-5-6-14(13-24)21-23-16-8-2-4-10-20(16)28-21/h1-4,7-10,12,14H,5-6,11,13H2/t14-/m0/s1. The Morgan fingerprint density at radius 2 is 1.96 bits per heavy atom. The first-order chi connectivity index (χ1) is 13.7. The number of hydrogen-bond acceptors (Lipinski definition) is 5. The first-order valence-corrected chi connectivity index (χ1v) is 10.2. The Balaban J connectivity index is 1.43. The molecule has 0 saturated carbocycles. The molecule has 2 aromatic carbocycles. The van der Waals surface area contributed by atoms with Crippen LogP contribution in [0.15, 0.2) is 63.8 Å². The molecule has 5 rings (SSSR count). The van der Waals surface area contributed by atoms with E-state index < -0.39 is 0 Å². The molecule has 0 N–H and O–H groups in total. The van der Waals surface area contributed by atoms with Crippen molar-refractivity contribution in [3.8, 4) is 0 Å². The van der Waals surface area contributed by atoms with Crippen LogP contribution in [0, 0.1) is 0 Å². The lowest BCUT2D eigenvalue weighted by atomic mass is 9.98. The van der Waals surface area contributed by atoms with Crippen LogP contribution in [-0.2, 0) is 0 Å². The Morgan fingerprint density at radius 1 is 1.14 bits per heavy atom. The number of carbonyl (C=O) groups excluding carboxylic acids is 1. The summed E-state index contributed by atoms with van der Waals surface area (Å²) >= 11 is 1.70. The lowest BCUT2D eigenvalue weighted by molar-refractivity contribution is 0.0675. The van der Waals surface area contributed by atoms with Crippen LogP contribution in [0.1, 0.15) is 34.3 Å². The number of likely N-dealkylation sites (tertiary alicyclic amines) is 1. The lowest BCUT2D eigenvalue weighted by Crippen LogP contribution is -2.39. The van der Waals surface area contributed by atoms with Crippen LogP contribution in [0.2, 0.25) is 0 Å². The van der Waals surface area contributed by atoms with Gasteiger partial charge in [-0.25, -0.2) is 4.98 Å². The fraction of sp³-hybridized carbons (Fsp3) is 0.227. The number of carbonyl (C=O) groups is 1. The summed E-state index contributed by atoms with van der Waals surface area (Å²) in [4.78, 5) is 31.9. The van der Waals surface area contributed by atoms with E-state index >= 15 is 0 Å². The molecule has 0 bridgehead atoms. The molecule has 0 unspecified atom stereocenters. The predicted octanol–water partition coefficient (Wildman–Crippen LogP) is 4.42. The fourth-order valence-electron chi connectivity index (χ4n) is 3.79. The number of para-hydroxylation sites is 2. The van der Waals surface area contributed by atoms with Crippen LogP contribution >= 0.6 is 11.3 Å². The molecular formula is C22H18N2O3S. The minimum absolute atomic E-state index is 0.105. The van der Waals surface area contributed by atoms with Crippen molar-refractivity contribution in [2.24, 2.45) is 0 Å². The quantitative estimate of drug-likeness (QED) is 0.508. The molecule has 0 spiro atoms. The van der Waals surface area contributed by atoms with Crippen molar-refractivity contribution >= 4 is 38.4 Å². The van der Waals surface area contributed by atoms with Gasteiger partial charge in [0, 0.05) is 25.1 Å². The monoisotopic (exact) mass is 390 g/mol. The molecule has 140 valence electrons. The molecule has 1 aliphatic rings. The summed E-state index contributed by atoms with van der Waals surface area (Å²) in [6, 6.07) is 16.4. The van der Waals surface area contributed by atoms with Gasteiger partial charge < -0.3 is 9.32 Å². The van der Waals surface area contributed by atoms with E-state index in [1.54, 1.807) is 40.5 Å². The van der Waals surface area contributed by atoms with Gasteiger partial charge in [0.25, 0.3) is 5.91 Å². The molecule has 3 heterocycles. The van der Waals surface area contributed by atoms with Crippen LogP contribution < -0.4 is 5.43 Å². The van der Waals surface area contributed by atoms with Gasteiger partial charge in [0.05, 0.1) is 20.6 Å². The lowest BCUT2D eigenvalue weighted by Gasteiger charge is -2.31. The molecule has 1 atom stereocenters. The Labute approximate surface area is 165 Å². The highest BCUT2D eigenvalue weighted by Gasteiger charge is 2.29. The number of benzene rings is 2. The van der Waals surface area contributed by atoms with Crippen LogP contribution in [0.3, 0.4) is 0 Å². The molecule has 28 heavy (non-hydrogen) atoms. The van der Waals surface area contributed by atoms with Gasteiger partial charge in [0.1, 0.15) is 5.58 Å². The van der Waals surface area contributed by atoms with E-state index in [9.17, 15) is 9.59 Å². The maximum absolute atomic E-state index is 13.0. The molecule has 1 aliphatic heterocycles. The Hall–Kier alpha value is -2.99. The topological polar surface area (TPSA) is 63.4 Å². The number of nitrogens with zero attached hydrogens (tertiary/aromatic N) is 2. The molecule has 0 radical (unpaired) electrons. The second-order valence-corrected chi connectivity index (χ2v) is 8.14. The zero-order valence-corrected chi connectivity index (χ0v) is 15.9. The molecule has 2 aromatic heterocycles. The zero-order valence-electron chi connectivity index (χ0n) is 15.1. The second-order valence-electron chi connectivity index (χ2n) is 7.08. The van der Waals surface area contributed by atoms with Crippen LogP contribution in [0.5, 0.6) is 0 Å². The van der Waals surface area contributed by atoms with Gasteiger partial charge in [0.2, 0.25) is 0 Å². The van der Waals surface area contributed by atoms with E-state index in [2.05, 4.69) is 6.07 Å². The highest BCUT2D eigenvalue weighted by atomic mass is 32.1. The molecule has 4 aromatic rings. The maximum atomic E-state index is 13.0. The summed E-state index contributed by atoms with van der Waals surface area (Å²) < 4.78 is 6.91. The van der Waals surface area contributed by atoms with E-state index in [1.165, 1.54) is 10.8 Å². The maximum Gasteiger partial charge on any atom is 0.289 e. The van der Waals surface area contributed by atoms with Gasteiger partial charge >= 0.3 is 0 Å². The van der Waals surface area contributed by atoms with Gasteiger partial charge in [-0.3, -0.25) is 9.59 Å². The third kappa shape index (κ3) is 2.99. The van der Waals surface area contributed by atoms with Gasteiger partial charge in [-0.05, 0) is 37.1 Å². The number of piperidine rings is 1. The van der Waals surface area contributed by atoms with Crippen LogP contribution in [0.25, 0.3) is 21.2 Å². The highest BCUT2D eigenvalue weighted by molar-refractivity contribution is 7.18. The van der Waals surface area contributed by atoms with Crippen molar-refractivity contribution in [3.05, 3.63) is 75.6 Å². The predicted molar refractivity (Wildman–Crippen MR) is 110 cm³/mol. The number of hydrogen-bond donors (Lipinski definition) is 0. The van der Waals surface area contributed by atoms with Crippen molar-refractivity contribution in [1.82, 2.24) is 9.88 Å². The van der Waals surface area contributed by atoms with Crippen LogP contribution in [-0.4, -0.2) is 28.9 Å². The summed E-state index contributed by atoms with van der Waals surface area (Å²) in [5.41, 5.74) is 1.26. The van der Waals surface area contributed by atoms with Crippen LogP contribution in [0.4, 0.5) is 0 Å². The Morgan fingerprint density at radius 3 is 2.86 bits per heavy atom. The average molecular weight is 390 g/mol. The Bertz CT molecular complexity index is 1210. The minimum Gasteiger partial charge on any atom is -0.451 e. The van der Waals surface area contributed by atoms with E-state index in [1.807, 2.05) is 18.2 Å². The van der Waals surface area contributed by atoms with E-state index in [4.69, 9.17) is 9.40 Å². The van der Waals surface area contributed by atoms with Crippen molar-refractivity contribution in [3.63, 3.8) is 0 Å². The number of aromatic nitrogens is 1. The minimum atomic E-state index is -0.228. The fourth-order valence-corrected chi connectivity index (χ4v) is 4.89. The van der Waals surface area contributed by atoms with E-state index in [0.717, 1.165) is 23.4 Å². The summed E-state index contributed by atoms with van der Waals surface area (Å²) in [5, 5.41) is 1.56. The number of thiazole rings is 1. The van der Waals surface area contributed by atoms with Crippen molar-refractivity contribution < 1.29 is 9.21 Å². The molecule has 1 saturated heterocycles. The van der Waals surface area contributed by atoms with E-state index in [-0.39, 0.29) is 23.0 Å². The summed E-state index contributed by atoms with van der Waals surface area (Å²) in [6.07, 6.45) is 1.91. The summed E-state index contributed by atoms with van der Waals surface area (Å²) in [7, 11) is 0. The largest absolute Gasteiger partial charge is 0.451 e. The molecule has 1 fully saturated rings. The average Bonchev–Trinajstić information content (AvgIpc) is 3.18. The normalized spacial score (nSPS) is 17.3. The summed E-state index contributed by atoms with van der Waals surface area (Å²) in [6.45, 7) is 1.26.